The summed E-state index contributed by atoms with van der Waals surface area (Å²) in [5.74, 6) is -0.488. The lowest BCUT2D eigenvalue weighted by Crippen LogP contribution is -2.21. The second-order valence-electron chi connectivity index (χ2n) is 3.73. The largest absolute Gasteiger partial charge is 0.385 e. The predicted molar refractivity (Wildman–Crippen MR) is 62.6 cm³/mol. The van der Waals surface area contributed by atoms with E-state index in [1.807, 2.05) is 0 Å². The van der Waals surface area contributed by atoms with Crippen molar-refractivity contribution in [2.45, 2.75) is 19.4 Å². The molecule has 0 spiro atoms. The van der Waals surface area contributed by atoms with Gasteiger partial charge in [0.2, 0.25) is 0 Å². The summed E-state index contributed by atoms with van der Waals surface area (Å²) < 4.78 is 22.9. The van der Waals surface area contributed by atoms with Crippen LogP contribution in [0.4, 0.5) is 4.39 Å². The lowest BCUT2D eigenvalue weighted by molar-refractivity contribution is 0.0404. The monoisotopic (exact) mass is 240 g/mol. The number of methoxy groups -OCH3 is 1. The summed E-state index contributed by atoms with van der Waals surface area (Å²) in [5, 5.41) is 0. The minimum Gasteiger partial charge on any atom is -0.385 e. The van der Waals surface area contributed by atoms with Crippen LogP contribution in [0.25, 0.3) is 0 Å². The highest BCUT2D eigenvalue weighted by molar-refractivity contribution is 5.99. The number of carbonyl (C=O) groups excluding carboxylic acids is 1. The fourth-order valence-electron chi connectivity index (χ4n) is 1.39. The van der Waals surface area contributed by atoms with Gasteiger partial charge in [-0.15, -0.1) is 0 Å². The number of hydrogen-bond donors (Lipinski definition) is 0. The number of ether oxygens (including phenoxy) is 2. The van der Waals surface area contributed by atoms with Gasteiger partial charge in [0.25, 0.3) is 0 Å². The van der Waals surface area contributed by atoms with Gasteiger partial charge in [0, 0.05) is 25.9 Å². The first kappa shape index (κ1) is 13.8. The van der Waals surface area contributed by atoms with E-state index in [1.54, 1.807) is 14.0 Å². The minimum absolute atomic E-state index is 0.137. The Kier molecular flexibility index (Phi) is 5.80. The lowest BCUT2D eigenvalue weighted by Gasteiger charge is -2.11. The number of ketones is 1. The van der Waals surface area contributed by atoms with Gasteiger partial charge in [0.1, 0.15) is 11.9 Å². The van der Waals surface area contributed by atoms with Crippen LogP contribution in [0.1, 0.15) is 23.7 Å². The first-order valence-corrected chi connectivity index (χ1v) is 5.55. The van der Waals surface area contributed by atoms with Crippen molar-refractivity contribution in [2.75, 3.05) is 20.3 Å². The van der Waals surface area contributed by atoms with E-state index in [-0.39, 0.29) is 11.6 Å². The van der Waals surface area contributed by atoms with Crippen LogP contribution in [-0.4, -0.2) is 32.2 Å². The normalized spacial score (nSPS) is 12.4. The van der Waals surface area contributed by atoms with Crippen LogP contribution < -0.4 is 0 Å². The molecule has 3 nitrogen and oxygen atoms in total. The lowest BCUT2D eigenvalue weighted by atomic mass is 10.1. The van der Waals surface area contributed by atoms with E-state index in [9.17, 15) is 9.18 Å². The molecule has 94 valence electrons. The predicted octanol–water partition coefficient (Wildman–Crippen LogP) is 2.45. The van der Waals surface area contributed by atoms with E-state index in [0.29, 0.717) is 18.8 Å². The first-order valence-electron chi connectivity index (χ1n) is 5.55. The molecule has 1 atom stereocenters. The molecule has 0 fully saturated rings. The molecule has 0 amide bonds. The van der Waals surface area contributed by atoms with Gasteiger partial charge in [-0.1, -0.05) is 0 Å². The fourth-order valence-corrected chi connectivity index (χ4v) is 1.39. The Hall–Kier alpha value is -1.26. The number of benzene rings is 1. The molecule has 0 aromatic heterocycles. The third-order valence-electron chi connectivity index (χ3n) is 2.36. The third-order valence-corrected chi connectivity index (χ3v) is 2.36. The van der Waals surface area contributed by atoms with Gasteiger partial charge in [-0.3, -0.25) is 4.79 Å². The highest BCUT2D eigenvalue weighted by atomic mass is 19.1. The summed E-state index contributed by atoms with van der Waals surface area (Å²) in [4.78, 5) is 11.8. The second kappa shape index (κ2) is 7.14. The van der Waals surface area contributed by atoms with E-state index < -0.39 is 6.10 Å². The number of hydrogen-bond acceptors (Lipinski definition) is 3. The van der Waals surface area contributed by atoms with E-state index in [2.05, 4.69) is 0 Å². The molecule has 0 aliphatic heterocycles. The average molecular weight is 240 g/mol. The van der Waals surface area contributed by atoms with Gasteiger partial charge < -0.3 is 9.47 Å². The molecule has 0 saturated carbocycles. The molecule has 0 bridgehead atoms. The van der Waals surface area contributed by atoms with E-state index >= 15 is 0 Å². The number of rotatable bonds is 7. The van der Waals surface area contributed by atoms with Gasteiger partial charge in [-0.2, -0.15) is 0 Å². The zero-order valence-corrected chi connectivity index (χ0v) is 10.1. The van der Waals surface area contributed by atoms with Crippen molar-refractivity contribution in [3.8, 4) is 0 Å². The Morgan fingerprint density at radius 1 is 1.29 bits per heavy atom. The van der Waals surface area contributed by atoms with Crippen LogP contribution in [0, 0.1) is 5.82 Å². The van der Waals surface area contributed by atoms with Crippen LogP contribution in [0.5, 0.6) is 0 Å². The summed E-state index contributed by atoms with van der Waals surface area (Å²) in [6, 6.07) is 5.47. The van der Waals surface area contributed by atoms with Gasteiger partial charge >= 0.3 is 0 Å². The molecular formula is C13H17FO3. The summed E-state index contributed by atoms with van der Waals surface area (Å²) in [7, 11) is 1.62. The maximum atomic E-state index is 12.7. The molecule has 0 saturated heterocycles. The maximum Gasteiger partial charge on any atom is 0.191 e. The summed E-state index contributed by atoms with van der Waals surface area (Å²) in [6.07, 6.45) is 0.231. The van der Waals surface area contributed by atoms with Crippen LogP contribution in [-0.2, 0) is 9.47 Å². The number of Topliss-reactive ketones (excluding diaryl/α,β-unsaturated/α-hetero) is 1. The molecule has 0 aliphatic rings. The highest BCUT2D eigenvalue weighted by Crippen LogP contribution is 2.08. The third kappa shape index (κ3) is 4.63. The average Bonchev–Trinajstić information content (AvgIpc) is 2.34. The summed E-state index contributed by atoms with van der Waals surface area (Å²) >= 11 is 0. The molecule has 0 aliphatic carbocycles. The van der Waals surface area contributed by atoms with Gasteiger partial charge in [-0.05, 0) is 37.6 Å². The first-order chi connectivity index (χ1) is 8.15. The number of carbonyl (C=O) groups is 1. The zero-order valence-electron chi connectivity index (χ0n) is 10.1. The minimum atomic E-state index is -0.516. The van der Waals surface area contributed by atoms with Crippen molar-refractivity contribution in [3.63, 3.8) is 0 Å². The molecular weight excluding hydrogens is 223 g/mol. The Labute approximate surface area is 101 Å². The van der Waals surface area contributed by atoms with E-state index in [1.165, 1.54) is 24.3 Å². The Morgan fingerprint density at radius 3 is 2.53 bits per heavy atom. The second-order valence-corrected chi connectivity index (χ2v) is 3.73. The van der Waals surface area contributed by atoms with Crippen molar-refractivity contribution >= 4 is 5.78 Å². The van der Waals surface area contributed by atoms with E-state index in [0.717, 1.165) is 6.42 Å². The van der Waals surface area contributed by atoms with Crippen LogP contribution >= 0.6 is 0 Å². The molecule has 1 aromatic rings. The fraction of sp³-hybridized carbons (Fsp3) is 0.462. The standard InChI is InChI=1S/C13H17FO3/c1-10(17-9-3-8-16-2)13(15)11-4-6-12(14)7-5-11/h4-7,10H,3,8-9H2,1-2H3. The highest BCUT2D eigenvalue weighted by Gasteiger charge is 2.15. The topological polar surface area (TPSA) is 35.5 Å². The van der Waals surface area contributed by atoms with Crippen LogP contribution in [0.15, 0.2) is 24.3 Å². The van der Waals surface area contributed by atoms with Gasteiger partial charge in [0.05, 0.1) is 0 Å². The molecule has 0 heterocycles. The SMILES string of the molecule is COCCCOC(C)C(=O)c1ccc(F)cc1. The summed E-state index contributed by atoms with van der Waals surface area (Å²) in [6.45, 7) is 2.78. The smallest absolute Gasteiger partial charge is 0.191 e. The summed E-state index contributed by atoms with van der Waals surface area (Å²) in [5.41, 5.74) is 0.464. The Bertz CT molecular complexity index is 348. The van der Waals surface area contributed by atoms with Gasteiger partial charge in [0.15, 0.2) is 5.78 Å². The molecule has 1 rings (SSSR count). The van der Waals surface area contributed by atoms with Crippen LogP contribution in [0.2, 0.25) is 0 Å². The molecule has 0 N–H and O–H groups in total. The van der Waals surface area contributed by atoms with E-state index in [4.69, 9.17) is 9.47 Å². The Morgan fingerprint density at radius 2 is 1.94 bits per heavy atom. The van der Waals surface area contributed by atoms with Crippen molar-refractivity contribution in [2.24, 2.45) is 0 Å². The van der Waals surface area contributed by atoms with Crippen molar-refractivity contribution in [3.05, 3.63) is 35.6 Å². The maximum absolute atomic E-state index is 12.7. The van der Waals surface area contributed by atoms with Crippen LogP contribution in [0.3, 0.4) is 0 Å². The zero-order chi connectivity index (χ0) is 12.7. The molecule has 0 radical (unpaired) electrons. The Balaban J connectivity index is 2.43. The molecule has 1 unspecified atom stereocenters. The number of halogens is 1. The molecule has 4 heteroatoms. The van der Waals surface area contributed by atoms with Crippen molar-refractivity contribution in [1.29, 1.82) is 0 Å². The van der Waals surface area contributed by atoms with Crippen molar-refractivity contribution < 1.29 is 18.7 Å². The molecule has 17 heavy (non-hydrogen) atoms. The molecule has 1 aromatic carbocycles. The van der Waals surface area contributed by atoms with Crippen molar-refractivity contribution in [1.82, 2.24) is 0 Å². The quantitative estimate of drug-likeness (QED) is 0.542. The van der Waals surface area contributed by atoms with Gasteiger partial charge in [-0.25, -0.2) is 4.39 Å².